The van der Waals surface area contributed by atoms with Crippen LogP contribution in [-0.2, 0) is 17.6 Å². The molecule has 27 heavy (non-hydrogen) atoms. The van der Waals surface area contributed by atoms with Crippen molar-refractivity contribution in [2.45, 2.75) is 39.0 Å². The first kappa shape index (κ1) is 21.3. The fourth-order valence-corrected chi connectivity index (χ4v) is 4.06. The number of halogens is 1. The van der Waals surface area contributed by atoms with Gasteiger partial charge in [0.25, 0.3) is 0 Å². The highest BCUT2D eigenvalue weighted by Gasteiger charge is 2.19. The molecule has 1 amide bonds. The maximum Gasteiger partial charge on any atom is 0.345 e. The lowest BCUT2D eigenvalue weighted by molar-refractivity contribution is -0.127. The van der Waals surface area contributed by atoms with Crippen LogP contribution in [0.3, 0.4) is 0 Å². The Labute approximate surface area is 168 Å². The minimum atomic E-state index is -0.822. The number of aromatic carboxylic acids is 1. The molecule has 2 heterocycles. The van der Waals surface area contributed by atoms with Crippen LogP contribution in [0.15, 0.2) is 30.3 Å². The Morgan fingerprint density at radius 3 is 2.59 bits per heavy atom. The molecule has 146 valence electrons. The third-order valence-corrected chi connectivity index (χ3v) is 5.50. The summed E-state index contributed by atoms with van der Waals surface area (Å²) in [7, 11) is 0. The lowest BCUT2D eigenvalue weighted by Gasteiger charge is -2.15. The maximum absolute atomic E-state index is 11.4. The van der Waals surface area contributed by atoms with Gasteiger partial charge in [0.15, 0.2) is 0 Å². The highest BCUT2D eigenvalue weighted by Crippen LogP contribution is 2.21. The molecule has 5 nitrogen and oxygen atoms in total. The summed E-state index contributed by atoms with van der Waals surface area (Å²) in [5.74, 6) is -0.418. The first-order chi connectivity index (χ1) is 12.9. The number of carboxylic acids is 1. The summed E-state index contributed by atoms with van der Waals surface area (Å²) in [6, 6.07) is 8.57. The van der Waals surface area contributed by atoms with Gasteiger partial charge in [-0.2, -0.15) is 0 Å². The summed E-state index contributed by atoms with van der Waals surface area (Å²) < 4.78 is 0. The number of aryl methyl sites for hydroxylation is 1. The Bertz CT molecular complexity index is 770. The molecule has 0 spiro atoms. The quantitative estimate of drug-likeness (QED) is 0.730. The van der Waals surface area contributed by atoms with Gasteiger partial charge in [-0.1, -0.05) is 24.9 Å². The van der Waals surface area contributed by atoms with Gasteiger partial charge < -0.3 is 15.1 Å². The van der Waals surface area contributed by atoms with E-state index in [0.717, 1.165) is 42.7 Å². The van der Waals surface area contributed by atoms with E-state index >= 15 is 0 Å². The first-order valence-electron chi connectivity index (χ1n) is 8.97. The molecular formula is C20H24ClNO4S. The SMILES string of the molecule is CCCc1ccc(C(=O)O)s1.O=C1CCCN1CCc1cc(O)cc(Cl)c1. The third-order valence-electron chi connectivity index (χ3n) is 4.15. The van der Waals surface area contributed by atoms with Crippen LogP contribution in [0.2, 0.25) is 5.02 Å². The van der Waals surface area contributed by atoms with Gasteiger partial charge in [0.2, 0.25) is 5.91 Å². The molecule has 0 atom stereocenters. The van der Waals surface area contributed by atoms with E-state index in [1.165, 1.54) is 17.4 Å². The van der Waals surface area contributed by atoms with Gasteiger partial charge in [0.05, 0.1) is 0 Å². The van der Waals surface area contributed by atoms with Crippen LogP contribution in [-0.4, -0.2) is 40.1 Å². The lowest BCUT2D eigenvalue weighted by Crippen LogP contribution is -2.26. The average Bonchev–Trinajstić information content (AvgIpc) is 3.22. The molecular weight excluding hydrogens is 386 g/mol. The topological polar surface area (TPSA) is 77.8 Å². The fraction of sp³-hybridized carbons (Fsp3) is 0.400. The second-order valence-electron chi connectivity index (χ2n) is 6.37. The smallest absolute Gasteiger partial charge is 0.345 e. The van der Waals surface area contributed by atoms with Crippen LogP contribution in [0.1, 0.15) is 46.3 Å². The third kappa shape index (κ3) is 6.88. The molecule has 3 rings (SSSR count). The number of hydrogen-bond acceptors (Lipinski definition) is 4. The van der Waals surface area contributed by atoms with E-state index < -0.39 is 5.97 Å². The highest BCUT2D eigenvalue weighted by atomic mass is 35.5. The highest BCUT2D eigenvalue weighted by molar-refractivity contribution is 7.13. The van der Waals surface area contributed by atoms with E-state index in [1.54, 1.807) is 12.1 Å². The van der Waals surface area contributed by atoms with Crippen molar-refractivity contribution in [1.82, 2.24) is 4.90 Å². The Morgan fingerprint density at radius 1 is 1.26 bits per heavy atom. The van der Waals surface area contributed by atoms with Crippen molar-refractivity contribution in [3.63, 3.8) is 0 Å². The molecule has 1 aromatic heterocycles. The van der Waals surface area contributed by atoms with Gasteiger partial charge in [-0.05, 0) is 55.2 Å². The van der Waals surface area contributed by atoms with E-state index in [9.17, 15) is 14.7 Å². The second kappa shape index (κ2) is 10.3. The number of benzene rings is 1. The number of nitrogens with zero attached hydrogens (tertiary/aromatic N) is 1. The van der Waals surface area contributed by atoms with Gasteiger partial charge in [-0.3, -0.25) is 4.79 Å². The van der Waals surface area contributed by atoms with Crippen LogP contribution in [0.25, 0.3) is 0 Å². The number of phenols is 1. The molecule has 0 saturated carbocycles. The van der Waals surface area contributed by atoms with Crippen molar-refractivity contribution in [3.8, 4) is 5.75 Å². The molecule has 0 bridgehead atoms. The minimum absolute atomic E-state index is 0.176. The number of amides is 1. The summed E-state index contributed by atoms with van der Waals surface area (Å²) in [6.45, 7) is 3.64. The van der Waals surface area contributed by atoms with Crippen LogP contribution in [0.4, 0.5) is 0 Å². The second-order valence-corrected chi connectivity index (χ2v) is 7.98. The number of aromatic hydroxyl groups is 1. The lowest BCUT2D eigenvalue weighted by atomic mass is 10.1. The van der Waals surface area contributed by atoms with Gasteiger partial charge in [0.1, 0.15) is 10.6 Å². The van der Waals surface area contributed by atoms with Crippen LogP contribution < -0.4 is 0 Å². The summed E-state index contributed by atoms with van der Waals surface area (Å²) in [6.07, 6.45) is 4.41. The number of rotatable bonds is 6. The van der Waals surface area contributed by atoms with E-state index in [4.69, 9.17) is 16.7 Å². The van der Waals surface area contributed by atoms with E-state index in [0.29, 0.717) is 22.9 Å². The van der Waals surface area contributed by atoms with Gasteiger partial charge in [-0.25, -0.2) is 4.79 Å². The maximum atomic E-state index is 11.4. The van der Waals surface area contributed by atoms with Crippen LogP contribution in [0.5, 0.6) is 5.75 Å². The Balaban J connectivity index is 0.000000208. The van der Waals surface area contributed by atoms with Gasteiger partial charge >= 0.3 is 5.97 Å². The Morgan fingerprint density at radius 2 is 2.04 bits per heavy atom. The minimum Gasteiger partial charge on any atom is -0.508 e. The van der Waals surface area contributed by atoms with E-state index in [1.807, 2.05) is 17.0 Å². The van der Waals surface area contributed by atoms with Crippen molar-refractivity contribution < 1.29 is 19.8 Å². The predicted octanol–water partition coefficient (Wildman–Crippen LogP) is 4.61. The Hall–Kier alpha value is -2.05. The molecule has 1 aromatic carbocycles. The van der Waals surface area contributed by atoms with Crippen molar-refractivity contribution in [2.24, 2.45) is 0 Å². The summed E-state index contributed by atoms with van der Waals surface area (Å²) in [5.41, 5.74) is 0.963. The predicted molar refractivity (Wildman–Crippen MR) is 108 cm³/mol. The largest absolute Gasteiger partial charge is 0.508 e. The fourth-order valence-electron chi connectivity index (χ4n) is 2.86. The monoisotopic (exact) mass is 409 g/mol. The zero-order valence-electron chi connectivity index (χ0n) is 15.3. The Kier molecular flexibility index (Phi) is 8.13. The van der Waals surface area contributed by atoms with Crippen molar-refractivity contribution in [3.05, 3.63) is 50.7 Å². The molecule has 1 fully saturated rings. The molecule has 2 aromatic rings. The first-order valence-corrected chi connectivity index (χ1v) is 10.2. The molecule has 1 aliphatic rings. The number of thiophene rings is 1. The normalized spacial score (nSPS) is 13.4. The zero-order chi connectivity index (χ0) is 19.8. The number of carboxylic acid groups (broad SMARTS) is 1. The van der Waals surface area contributed by atoms with Crippen molar-refractivity contribution in [2.75, 3.05) is 13.1 Å². The molecule has 2 N–H and O–H groups in total. The van der Waals surface area contributed by atoms with Gasteiger partial charge in [0, 0.05) is 29.4 Å². The van der Waals surface area contributed by atoms with E-state index in [2.05, 4.69) is 6.92 Å². The summed E-state index contributed by atoms with van der Waals surface area (Å²) in [5, 5.41) is 18.5. The number of phenolic OH excluding ortho intramolecular Hbond substituents is 1. The molecule has 7 heteroatoms. The zero-order valence-corrected chi connectivity index (χ0v) is 16.9. The summed E-state index contributed by atoms with van der Waals surface area (Å²) in [4.78, 5) is 25.3. The number of carbonyl (C=O) groups is 2. The average molecular weight is 410 g/mol. The van der Waals surface area contributed by atoms with Crippen molar-refractivity contribution >= 4 is 34.8 Å². The number of carbonyl (C=O) groups excluding carboxylic acids is 1. The standard InChI is InChI=1S/C12H14ClNO2.C8H10O2S/c13-10-6-9(7-11(15)8-10)3-5-14-4-1-2-12(14)16;1-2-3-6-4-5-7(11-6)8(9)10/h6-8,15H,1-5H2;4-5H,2-3H2,1H3,(H,9,10). The molecule has 0 unspecified atom stereocenters. The number of likely N-dealkylation sites (tertiary alicyclic amines) is 1. The van der Waals surface area contributed by atoms with Crippen LogP contribution in [0, 0.1) is 0 Å². The summed E-state index contributed by atoms with van der Waals surface area (Å²) >= 11 is 7.20. The van der Waals surface area contributed by atoms with Crippen molar-refractivity contribution in [1.29, 1.82) is 0 Å². The van der Waals surface area contributed by atoms with Gasteiger partial charge in [-0.15, -0.1) is 11.3 Å². The molecule has 1 saturated heterocycles. The van der Waals surface area contributed by atoms with Crippen LogP contribution >= 0.6 is 22.9 Å². The van der Waals surface area contributed by atoms with E-state index in [-0.39, 0.29) is 11.7 Å². The molecule has 1 aliphatic heterocycles. The number of hydrogen-bond donors (Lipinski definition) is 2. The molecule has 0 radical (unpaired) electrons. The molecule has 0 aliphatic carbocycles.